The molecule has 3 aromatic carbocycles. The van der Waals surface area contributed by atoms with Crippen molar-refractivity contribution in [2.75, 3.05) is 6.54 Å². The van der Waals surface area contributed by atoms with Gasteiger partial charge in [0, 0.05) is 26.6 Å². The molecule has 0 fully saturated rings. The lowest BCUT2D eigenvalue weighted by atomic mass is 10.1. The molecule has 0 radical (unpaired) electrons. The lowest BCUT2D eigenvalue weighted by molar-refractivity contribution is -0.122. The van der Waals surface area contributed by atoms with Crippen LogP contribution in [0.15, 0.2) is 76.1 Å². The Labute approximate surface area is 210 Å². The second-order valence-corrected chi connectivity index (χ2v) is 11.0. The van der Waals surface area contributed by atoms with Crippen LogP contribution in [0.25, 0.3) is 0 Å². The molecule has 1 N–H and O–H groups in total. The van der Waals surface area contributed by atoms with Crippen LogP contribution in [-0.4, -0.2) is 25.2 Å². The summed E-state index contributed by atoms with van der Waals surface area (Å²) < 4.78 is 42.8. The van der Waals surface area contributed by atoms with E-state index < -0.39 is 34.8 Å². The van der Waals surface area contributed by atoms with Gasteiger partial charge in [0.1, 0.15) is 5.82 Å². The normalized spacial score (nSPS) is 12.5. The van der Waals surface area contributed by atoms with Crippen LogP contribution in [0.5, 0.6) is 0 Å². The van der Waals surface area contributed by atoms with Crippen molar-refractivity contribution in [3.63, 3.8) is 0 Å². The second kappa shape index (κ2) is 11.0. The second-order valence-electron chi connectivity index (χ2n) is 7.27. The van der Waals surface area contributed by atoms with E-state index in [1.807, 2.05) is 24.3 Å². The highest BCUT2D eigenvalue weighted by atomic mass is 79.9. The Bertz CT molecular complexity index is 1240. The average Bonchev–Trinajstić information content (AvgIpc) is 2.75. The van der Waals surface area contributed by atoms with E-state index in [0.717, 1.165) is 14.3 Å². The van der Waals surface area contributed by atoms with Gasteiger partial charge in [-0.15, -0.1) is 0 Å². The molecular formula is C23H20BrCl2FN2O3S. The Morgan fingerprint density at radius 1 is 1.09 bits per heavy atom. The van der Waals surface area contributed by atoms with Crippen molar-refractivity contribution in [1.82, 2.24) is 9.62 Å². The van der Waals surface area contributed by atoms with Gasteiger partial charge in [-0.3, -0.25) is 4.79 Å². The van der Waals surface area contributed by atoms with Gasteiger partial charge in [0.15, 0.2) is 0 Å². The predicted octanol–water partition coefficient (Wildman–Crippen LogP) is 5.96. The first-order chi connectivity index (χ1) is 15.6. The van der Waals surface area contributed by atoms with Gasteiger partial charge in [-0.2, -0.15) is 4.31 Å². The van der Waals surface area contributed by atoms with E-state index in [-0.39, 0.29) is 21.5 Å². The van der Waals surface area contributed by atoms with Gasteiger partial charge < -0.3 is 5.32 Å². The molecule has 0 bridgehead atoms. The zero-order valence-electron chi connectivity index (χ0n) is 17.4. The summed E-state index contributed by atoms with van der Waals surface area (Å²) in [6, 6.07) is 16.6. The summed E-state index contributed by atoms with van der Waals surface area (Å²) >= 11 is 15.4. The number of nitrogens with one attached hydrogen (secondary N) is 1. The summed E-state index contributed by atoms with van der Waals surface area (Å²) in [6.07, 6.45) is 0. The number of nitrogens with zero attached hydrogens (tertiary/aromatic N) is 1. The summed E-state index contributed by atoms with van der Waals surface area (Å²) in [4.78, 5) is 12.8. The van der Waals surface area contributed by atoms with E-state index in [4.69, 9.17) is 23.2 Å². The molecule has 0 saturated heterocycles. The molecule has 33 heavy (non-hydrogen) atoms. The Kier molecular flexibility index (Phi) is 8.53. The van der Waals surface area contributed by atoms with Crippen molar-refractivity contribution in [2.24, 2.45) is 0 Å². The lowest BCUT2D eigenvalue weighted by Gasteiger charge is -2.24. The first-order valence-electron chi connectivity index (χ1n) is 9.81. The number of carbonyl (C=O) groups excluding carboxylic acids is 1. The van der Waals surface area contributed by atoms with E-state index >= 15 is 0 Å². The Morgan fingerprint density at radius 2 is 1.76 bits per heavy atom. The maximum Gasteiger partial charge on any atom is 0.243 e. The van der Waals surface area contributed by atoms with E-state index in [1.54, 1.807) is 6.92 Å². The highest BCUT2D eigenvalue weighted by Gasteiger charge is 2.29. The van der Waals surface area contributed by atoms with E-state index in [2.05, 4.69) is 21.2 Å². The van der Waals surface area contributed by atoms with Gasteiger partial charge in [0.25, 0.3) is 0 Å². The molecule has 0 aliphatic rings. The molecular weight excluding hydrogens is 554 g/mol. The fourth-order valence-corrected chi connectivity index (χ4v) is 5.28. The summed E-state index contributed by atoms with van der Waals surface area (Å²) in [5, 5.41) is 3.21. The van der Waals surface area contributed by atoms with Crippen LogP contribution >= 0.6 is 39.1 Å². The third-order valence-electron chi connectivity index (χ3n) is 4.89. The zero-order valence-corrected chi connectivity index (χ0v) is 21.3. The third kappa shape index (κ3) is 6.55. The molecule has 1 amide bonds. The van der Waals surface area contributed by atoms with Crippen molar-refractivity contribution in [3.8, 4) is 0 Å². The maximum absolute atomic E-state index is 14.4. The quantitative estimate of drug-likeness (QED) is 0.361. The van der Waals surface area contributed by atoms with Crippen LogP contribution in [0.4, 0.5) is 4.39 Å². The number of hydrogen-bond donors (Lipinski definition) is 1. The monoisotopic (exact) mass is 572 g/mol. The standard InChI is InChI=1S/C23H20BrCl2FN2O3S/c1-15(16-4-2-5-17(24)12-16)28-23(30)14-29(13-20-21(26)6-3-7-22(20)27)33(31,32)19-10-8-18(25)9-11-19/h2-12,15H,13-14H2,1H3,(H,28,30)/t15-/m1/s1. The summed E-state index contributed by atoms with van der Waals surface area (Å²) in [5.41, 5.74) is 0.812. The predicted molar refractivity (Wildman–Crippen MR) is 131 cm³/mol. The minimum atomic E-state index is -4.17. The van der Waals surface area contributed by atoms with Crippen LogP contribution < -0.4 is 5.32 Å². The minimum Gasteiger partial charge on any atom is -0.348 e. The van der Waals surface area contributed by atoms with Gasteiger partial charge in [-0.25, -0.2) is 12.8 Å². The Hall–Kier alpha value is -1.97. The van der Waals surface area contributed by atoms with E-state index in [0.29, 0.717) is 5.02 Å². The molecule has 0 saturated carbocycles. The highest BCUT2D eigenvalue weighted by Crippen LogP contribution is 2.25. The Morgan fingerprint density at radius 3 is 2.39 bits per heavy atom. The number of sulfonamides is 1. The smallest absolute Gasteiger partial charge is 0.243 e. The zero-order chi connectivity index (χ0) is 24.2. The van der Waals surface area contributed by atoms with Crippen LogP contribution in [-0.2, 0) is 21.4 Å². The van der Waals surface area contributed by atoms with Crippen molar-refractivity contribution in [2.45, 2.75) is 24.4 Å². The Balaban J connectivity index is 1.89. The first-order valence-corrected chi connectivity index (χ1v) is 12.8. The van der Waals surface area contributed by atoms with Crippen molar-refractivity contribution >= 4 is 55.1 Å². The molecule has 5 nitrogen and oxygen atoms in total. The summed E-state index contributed by atoms with van der Waals surface area (Å²) in [5.74, 6) is -1.21. The minimum absolute atomic E-state index is 0.0236. The number of benzene rings is 3. The van der Waals surface area contributed by atoms with Gasteiger partial charge in [0.05, 0.1) is 17.5 Å². The average molecular weight is 574 g/mol. The molecule has 0 aliphatic heterocycles. The molecule has 0 spiro atoms. The van der Waals surface area contributed by atoms with Crippen LogP contribution in [0.2, 0.25) is 10.0 Å². The molecule has 0 unspecified atom stereocenters. The summed E-state index contributed by atoms with van der Waals surface area (Å²) in [7, 11) is -4.17. The fourth-order valence-electron chi connectivity index (χ4n) is 3.15. The number of rotatable bonds is 8. The van der Waals surface area contributed by atoms with Gasteiger partial charge in [0.2, 0.25) is 15.9 Å². The number of carbonyl (C=O) groups is 1. The van der Waals surface area contributed by atoms with Crippen LogP contribution in [0, 0.1) is 5.82 Å². The molecule has 3 aromatic rings. The molecule has 1 atom stereocenters. The topological polar surface area (TPSA) is 66.5 Å². The van der Waals surface area contributed by atoms with Gasteiger partial charge in [-0.1, -0.05) is 57.3 Å². The molecule has 10 heteroatoms. The number of hydrogen-bond acceptors (Lipinski definition) is 3. The van der Waals surface area contributed by atoms with Gasteiger partial charge >= 0.3 is 0 Å². The summed E-state index contributed by atoms with van der Waals surface area (Å²) in [6.45, 7) is 0.828. The van der Waals surface area contributed by atoms with Crippen LogP contribution in [0.1, 0.15) is 24.1 Å². The SMILES string of the molecule is C[C@@H](NC(=O)CN(Cc1c(F)cccc1Cl)S(=O)(=O)c1ccc(Cl)cc1)c1cccc(Br)c1. The largest absolute Gasteiger partial charge is 0.348 e. The van der Waals surface area contributed by atoms with E-state index in [1.165, 1.54) is 42.5 Å². The van der Waals surface area contributed by atoms with Crippen molar-refractivity contribution in [1.29, 1.82) is 0 Å². The third-order valence-corrected chi connectivity index (χ3v) is 7.80. The van der Waals surface area contributed by atoms with Gasteiger partial charge in [-0.05, 0) is 61.0 Å². The van der Waals surface area contributed by atoms with E-state index in [9.17, 15) is 17.6 Å². The lowest BCUT2D eigenvalue weighted by Crippen LogP contribution is -2.41. The highest BCUT2D eigenvalue weighted by molar-refractivity contribution is 9.10. The molecule has 0 aromatic heterocycles. The molecule has 0 heterocycles. The van der Waals surface area contributed by atoms with Crippen molar-refractivity contribution < 1.29 is 17.6 Å². The number of halogens is 4. The maximum atomic E-state index is 14.4. The molecule has 0 aliphatic carbocycles. The first kappa shape index (κ1) is 25.6. The number of amides is 1. The fraction of sp³-hybridized carbons (Fsp3) is 0.174. The van der Waals surface area contributed by atoms with Crippen molar-refractivity contribution in [3.05, 3.63) is 98.2 Å². The molecule has 3 rings (SSSR count). The van der Waals surface area contributed by atoms with Crippen LogP contribution in [0.3, 0.4) is 0 Å². The molecule has 174 valence electrons.